The average Bonchev–Trinajstić information content (AvgIpc) is 2.77. The number of carbonyl (C=O) groups is 1. The summed E-state index contributed by atoms with van der Waals surface area (Å²) in [4.78, 5) is 12.9. The predicted molar refractivity (Wildman–Crippen MR) is 84.0 cm³/mol. The molecule has 0 amide bonds. The van der Waals surface area contributed by atoms with E-state index in [1.54, 1.807) is 0 Å². The lowest BCUT2D eigenvalue weighted by atomic mass is 9.46. The molecule has 3 unspecified atom stereocenters. The van der Waals surface area contributed by atoms with Crippen molar-refractivity contribution in [3.8, 4) is 0 Å². The highest BCUT2D eigenvalue weighted by Crippen LogP contribution is 2.64. The van der Waals surface area contributed by atoms with E-state index >= 15 is 0 Å². The minimum atomic E-state index is -0.385. The van der Waals surface area contributed by atoms with Gasteiger partial charge >= 0.3 is 0 Å². The zero-order valence-electron chi connectivity index (χ0n) is 13.7. The second-order valence-corrected chi connectivity index (χ2v) is 8.77. The Labute approximate surface area is 132 Å². The van der Waals surface area contributed by atoms with Gasteiger partial charge in [-0.05, 0) is 60.7 Å². The summed E-state index contributed by atoms with van der Waals surface area (Å²) in [5, 5.41) is 20.4. The fraction of sp³-hybridized carbons (Fsp3) is 0.842. The number of hydrogen-bond donors (Lipinski definition) is 2. The van der Waals surface area contributed by atoms with Crippen LogP contribution in [0.15, 0.2) is 12.2 Å². The van der Waals surface area contributed by atoms with Crippen LogP contribution in [0.1, 0.15) is 52.4 Å². The second-order valence-electron chi connectivity index (χ2n) is 8.77. The highest BCUT2D eigenvalue weighted by Gasteiger charge is 2.61. The van der Waals surface area contributed by atoms with Gasteiger partial charge in [0.25, 0.3) is 0 Å². The molecule has 3 saturated carbocycles. The largest absolute Gasteiger partial charge is 0.393 e. The van der Waals surface area contributed by atoms with E-state index in [0.717, 1.165) is 32.1 Å². The van der Waals surface area contributed by atoms with Crippen molar-refractivity contribution < 1.29 is 15.0 Å². The minimum absolute atomic E-state index is 0.0483. The summed E-state index contributed by atoms with van der Waals surface area (Å²) in [5.41, 5.74) is -0.00933. The third-order valence-corrected chi connectivity index (χ3v) is 7.92. The summed E-state index contributed by atoms with van der Waals surface area (Å²) in [5.74, 6) is 1.56. The SMILES string of the molecule is C[C@]12C=CC(O)CC1CC(=O)[C@@H]1[C@H]2CC[C@]2(C)C(O)CC[C@@H]12. The highest BCUT2D eigenvalue weighted by atomic mass is 16.3. The van der Waals surface area contributed by atoms with E-state index in [-0.39, 0.29) is 34.9 Å². The van der Waals surface area contributed by atoms with E-state index in [4.69, 9.17) is 0 Å². The number of allylic oxidation sites excluding steroid dienone is 1. The number of rotatable bonds is 0. The van der Waals surface area contributed by atoms with Crippen molar-refractivity contribution in [2.75, 3.05) is 0 Å². The molecule has 122 valence electrons. The second kappa shape index (κ2) is 4.67. The molecule has 0 radical (unpaired) electrons. The van der Waals surface area contributed by atoms with Crippen LogP contribution in [0.4, 0.5) is 0 Å². The summed E-state index contributed by atoms with van der Waals surface area (Å²) in [6, 6.07) is 0. The minimum Gasteiger partial charge on any atom is -0.393 e. The molecule has 0 aromatic carbocycles. The molecular weight excluding hydrogens is 276 g/mol. The van der Waals surface area contributed by atoms with E-state index in [9.17, 15) is 15.0 Å². The maximum atomic E-state index is 12.9. The first kappa shape index (κ1) is 14.9. The van der Waals surface area contributed by atoms with Gasteiger partial charge in [-0.3, -0.25) is 4.79 Å². The van der Waals surface area contributed by atoms with Crippen LogP contribution in [0, 0.1) is 34.5 Å². The molecular formula is C19H28O3. The van der Waals surface area contributed by atoms with Gasteiger partial charge in [0.15, 0.2) is 0 Å². The number of ketones is 1. The van der Waals surface area contributed by atoms with Gasteiger partial charge in [0, 0.05) is 12.3 Å². The monoisotopic (exact) mass is 304 g/mol. The Morgan fingerprint density at radius 1 is 1.14 bits per heavy atom. The van der Waals surface area contributed by atoms with Gasteiger partial charge in [0.05, 0.1) is 12.2 Å². The predicted octanol–water partition coefficient (Wildman–Crippen LogP) is 2.71. The molecule has 4 aliphatic carbocycles. The Kier molecular flexibility index (Phi) is 3.16. The van der Waals surface area contributed by atoms with E-state index in [1.807, 2.05) is 6.08 Å². The van der Waals surface area contributed by atoms with Crippen LogP contribution in [0.3, 0.4) is 0 Å². The number of aliphatic hydroxyl groups excluding tert-OH is 2. The summed E-state index contributed by atoms with van der Waals surface area (Å²) < 4.78 is 0. The molecule has 3 heteroatoms. The maximum Gasteiger partial charge on any atom is 0.136 e. The molecule has 2 N–H and O–H groups in total. The molecule has 4 rings (SSSR count). The van der Waals surface area contributed by atoms with Crippen LogP contribution >= 0.6 is 0 Å². The molecule has 0 bridgehead atoms. The molecule has 0 heterocycles. The summed E-state index contributed by atoms with van der Waals surface area (Å²) in [7, 11) is 0. The quantitative estimate of drug-likeness (QED) is 0.677. The van der Waals surface area contributed by atoms with Crippen LogP contribution in [-0.2, 0) is 4.79 Å². The summed E-state index contributed by atoms with van der Waals surface area (Å²) >= 11 is 0. The van der Waals surface area contributed by atoms with Crippen molar-refractivity contribution in [1.82, 2.24) is 0 Å². The Bertz CT molecular complexity index is 527. The first-order valence-electron chi connectivity index (χ1n) is 8.94. The number of Topliss-reactive ketones (excluding diaryl/α,β-unsaturated/α-hetero) is 1. The van der Waals surface area contributed by atoms with Gasteiger partial charge in [0.2, 0.25) is 0 Å². The number of aliphatic hydroxyl groups is 2. The van der Waals surface area contributed by atoms with E-state index in [0.29, 0.717) is 24.0 Å². The Balaban J connectivity index is 1.73. The van der Waals surface area contributed by atoms with Crippen LogP contribution in [0.5, 0.6) is 0 Å². The molecule has 0 aromatic heterocycles. The first-order valence-corrected chi connectivity index (χ1v) is 8.94. The fourth-order valence-corrected chi connectivity index (χ4v) is 6.45. The smallest absolute Gasteiger partial charge is 0.136 e. The number of carbonyl (C=O) groups excluding carboxylic acids is 1. The molecule has 3 nitrogen and oxygen atoms in total. The molecule has 8 atom stereocenters. The van der Waals surface area contributed by atoms with E-state index < -0.39 is 0 Å². The van der Waals surface area contributed by atoms with Gasteiger partial charge < -0.3 is 10.2 Å². The molecule has 0 aliphatic heterocycles. The molecule has 0 aromatic rings. The topological polar surface area (TPSA) is 57.5 Å². The van der Waals surface area contributed by atoms with Crippen LogP contribution < -0.4 is 0 Å². The Morgan fingerprint density at radius 3 is 2.68 bits per heavy atom. The first-order chi connectivity index (χ1) is 10.4. The third kappa shape index (κ3) is 1.78. The van der Waals surface area contributed by atoms with Crippen LogP contribution in [0.25, 0.3) is 0 Å². The molecule has 0 spiro atoms. The molecule has 0 saturated heterocycles. The zero-order valence-corrected chi connectivity index (χ0v) is 13.7. The van der Waals surface area contributed by atoms with Gasteiger partial charge in [-0.15, -0.1) is 0 Å². The molecule has 3 fully saturated rings. The fourth-order valence-electron chi connectivity index (χ4n) is 6.45. The molecule has 22 heavy (non-hydrogen) atoms. The number of hydrogen-bond acceptors (Lipinski definition) is 3. The zero-order chi connectivity index (χ0) is 15.7. The van der Waals surface area contributed by atoms with E-state index in [2.05, 4.69) is 19.9 Å². The van der Waals surface area contributed by atoms with Crippen molar-refractivity contribution in [1.29, 1.82) is 0 Å². The van der Waals surface area contributed by atoms with Gasteiger partial charge in [-0.1, -0.05) is 26.0 Å². The van der Waals surface area contributed by atoms with Crippen molar-refractivity contribution in [2.24, 2.45) is 34.5 Å². The van der Waals surface area contributed by atoms with Crippen molar-refractivity contribution >= 4 is 5.78 Å². The maximum absolute atomic E-state index is 12.9. The lowest BCUT2D eigenvalue weighted by Crippen LogP contribution is -2.56. The summed E-state index contributed by atoms with van der Waals surface area (Å²) in [6.07, 6.45) is 8.80. The number of fused-ring (bicyclic) bond motifs is 5. The van der Waals surface area contributed by atoms with Gasteiger partial charge in [0.1, 0.15) is 5.78 Å². The van der Waals surface area contributed by atoms with E-state index in [1.165, 1.54) is 0 Å². The van der Waals surface area contributed by atoms with Crippen molar-refractivity contribution in [2.45, 2.75) is 64.6 Å². The third-order valence-electron chi connectivity index (χ3n) is 7.92. The Morgan fingerprint density at radius 2 is 1.91 bits per heavy atom. The van der Waals surface area contributed by atoms with Crippen LogP contribution in [-0.4, -0.2) is 28.2 Å². The van der Waals surface area contributed by atoms with Crippen LogP contribution in [0.2, 0.25) is 0 Å². The lowest BCUT2D eigenvalue weighted by molar-refractivity contribution is -0.151. The average molecular weight is 304 g/mol. The van der Waals surface area contributed by atoms with Gasteiger partial charge in [-0.25, -0.2) is 0 Å². The lowest BCUT2D eigenvalue weighted by Gasteiger charge is -2.58. The summed E-state index contributed by atoms with van der Waals surface area (Å²) in [6.45, 7) is 4.51. The standard InChI is InChI=1S/C19H28O3/c1-18-7-5-12(20)9-11(18)10-15(21)17-13-3-4-16(22)19(13,2)8-6-14(17)18/h5,7,11-14,16-17,20,22H,3-4,6,8-10H2,1-2H3/t11?,12?,13-,14+,16?,17-,18-,19-/m0/s1. The Hall–Kier alpha value is -0.670. The van der Waals surface area contributed by atoms with Crippen molar-refractivity contribution in [3.05, 3.63) is 12.2 Å². The highest BCUT2D eigenvalue weighted by molar-refractivity contribution is 5.83. The normalized spacial score (nSPS) is 57.2. The van der Waals surface area contributed by atoms with Gasteiger partial charge in [-0.2, -0.15) is 0 Å². The van der Waals surface area contributed by atoms with Crippen molar-refractivity contribution in [3.63, 3.8) is 0 Å². The molecule has 4 aliphatic rings.